The smallest absolute Gasteiger partial charge is 0.319 e. The Bertz CT molecular complexity index is 2490. The average Bonchev–Trinajstić information content (AvgIpc) is 3.77. The van der Waals surface area contributed by atoms with Crippen LogP contribution < -0.4 is 15.4 Å². The normalized spacial score (nSPS) is 27.0. The number of alkyl halides is 1. The number of hydrogen-bond acceptors (Lipinski definition) is 13. The number of amides is 1. The van der Waals surface area contributed by atoms with Gasteiger partial charge in [-0.3, -0.25) is 9.69 Å². The van der Waals surface area contributed by atoms with Crippen molar-refractivity contribution >= 4 is 49.1 Å². The molecule has 1 amide bonds. The number of halogens is 3. The molecular formula is C44H49F3N8O5S. The molecule has 5 atom stereocenters. The second-order valence-corrected chi connectivity index (χ2v) is 19.7. The summed E-state index contributed by atoms with van der Waals surface area (Å²) in [4.78, 5) is 31.8. The number of nitrogens with zero attached hydrogens (tertiary/aromatic N) is 7. The number of piperidine rings is 1. The van der Waals surface area contributed by atoms with E-state index in [9.17, 15) is 15.2 Å². The number of carbonyl (C=O) groups excluding carboxylic acids is 1. The first kappa shape index (κ1) is 39.5. The summed E-state index contributed by atoms with van der Waals surface area (Å²) < 4.78 is 67.6. The molecule has 2 aromatic carbocycles. The molecular weight excluding hydrogens is 810 g/mol. The number of benzene rings is 2. The van der Waals surface area contributed by atoms with Gasteiger partial charge in [-0.25, -0.2) is 13.2 Å². The van der Waals surface area contributed by atoms with E-state index >= 15 is 13.2 Å². The first-order valence-corrected chi connectivity index (χ1v) is 22.4. The number of nitriles is 1. The molecule has 1 aliphatic carbocycles. The standard InChI is InChI=1S/C44H49F3N8O5S/c1-23(56)14-53-15-24-2-3-25(16-53)55(24)40-35-31-20-58-19-30(31)33(28-4-5-32(45)38-34(28)29(13-48)39(49)61-38)36(46)37(35)50-42(51-40)60-22-43(6-7-43)21-52-10-8-44(47,9-11-52)41(57)54-17-27-12-26(54)18-59-27/h4-5,23-27,56H,2-3,6-12,14-22,49H2,1H3/t23-,24-,25+,26-,27-/m1/s1. The summed E-state index contributed by atoms with van der Waals surface area (Å²) in [7, 11) is 0. The number of rotatable bonds is 10. The maximum Gasteiger partial charge on any atom is 0.319 e. The number of aliphatic hydroxyl groups is 1. The van der Waals surface area contributed by atoms with Crippen LogP contribution >= 0.6 is 11.3 Å². The first-order valence-electron chi connectivity index (χ1n) is 21.6. The Morgan fingerprint density at radius 1 is 1.07 bits per heavy atom. The fourth-order valence-electron chi connectivity index (χ4n) is 11.3. The van der Waals surface area contributed by atoms with E-state index in [0.717, 1.165) is 49.0 Å². The maximum atomic E-state index is 17.8. The minimum absolute atomic E-state index is 0.0206. The molecule has 11 rings (SSSR count). The number of nitrogens with two attached hydrogens (primary N) is 1. The maximum absolute atomic E-state index is 17.8. The summed E-state index contributed by atoms with van der Waals surface area (Å²) in [6, 6.07) is 5.03. The first-order chi connectivity index (χ1) is 29.4. The molecule has 6 fully saturated rings. The zero-order valence-corrected chi connectivity index (χ0v) is 34.9. The van der Waals surface area contributed by atoms with Crippen LogP contribution in [0, 0.1) is 28.4 Å². The Kier molecular flexibility index (Phi) is 9.48. The highest BCUT2D eigenvalue weighted by molar-refractivity contribution is 7.23. The molecule has 17 heteroatoms. The SMILES string of the molecule is C[C@@H](O)CN1C[C@H]2CC[C@@H](C1)N2c1nc(OCC2(CN3CCC(F)(C(=O)N4C[C@H]5C[C@@H]4CO5)CC3)CC2)nc2c(F)c(-c3ccc(F)c4sc(N)c(C#N)c34)c3c(c12)COC3. The number of ether oxygens (including phenoxy) is 3. The number of morpholine rings is 1. The number of hydrogen-bond donors (Lipinski definition) is 2. The van der Waals surface area contributed by atoms with Gasteiger partial charge in [0.2, 0.25) is 0 Å². The molecule has 5 saturated heterocycles. The highest BCUT2D eigenvalue weighted by Gasteiger charge is 2.52. The van der Waals surface area contributed by atoms with E-state index in [2.05, 4.69) is 20.8 Å². The highest BCUT2D eigenvalue weighted by Crippen LogP contribution is 2.50. The van der Waals surface area contributed by atoms with Crippen molar-refractivity contribution in [2.75, 3.05) is 69.7 Å². The van der Waals surface area contributed by atoms with E-state index in [1.54, 1.807) is 11.8 Å². The van der Waals surface area contributed by atoms with Gasteiger partial charge in [0.15, 0.2) is 11.5 Å². The summed E-state index contributed by atoms with van der Waals surface area (Å²) in [6.45, 7) is 6.90. The zero-order chi connectivity index (χ0) is 41.9. The van der Waals surface area contributed by atoms with E-state index in [0.29, 0.717) is 74.8 Å². The van der Waals surface area contributed by atoms with E-state index < -0.39 is 29.3 Å². The van der Waals surface area contributed by atoms with Crippen LogP contribution in [-0.4, -0.2) is 131 Å². The lowest BCUT2D eigenvalue weighted by Gasteiger charge is -2.42. The summed E-state index contributed by atoms with van der Waals surface area (Å²) in [6.07, 6.45) is 4.23. The third-order valence-corrected chi connectivity index (χ3v) is 15.5. The van der Waals surface area contributed by atoms with Crippen molar-refractivity contribution in [3.05, 3.63) is 40.5 Å². The van der Waals surface area contributed by atoms with Crippen LogP contribution in [0.25, 0.3) is 32.1 Å². The lowest BCUT2D eigenvalue weighted by molar-refractivity contribution is -0.152. The Morgan fingerprint density at radius 2 is 1.82 bits per heavy atom. The average molecular weight is 859 g/mol. The third kappa shape index (κ3) is 6.54. The minimum atomic E-state index is -1.87. The number of aromatic nitrogens is 2. The van der Waals surface area contributed by atoms with Gasteiger partial charge >= 0.3 is 6.01 Å². The second kappa shape index (κ2) is 14.6. The van der Waals surface area contributed by atoms with Crippen LogP contribution in [0.3, 0.4) is 0 Å². The van der Waals surface area contributed by atoms with E-state index in [-0.39, 0.29) is 100 Å². The van der Waals surface area contributed by atoms with Crippen LogP contribution in [0.5, 0.6) is 6.01 Å². The number of piperazine rings is 1. The lowest BCUT2D eigenvalue weighted by Crippen LogP contribution is -2.55. The summed E-state index contributed by atoms with van der Waals surface area (Å²) in [5.74, 6) is -0.990. The molecule has 4 bridgehead atoms. The van der Waals surface area contributed by atoms with Gasteiger partial charge in [0.05, 0.1) is 60.3 Å². The number of nitrogen functional groups attached to an aromatic ring is 1. The summed E-state index contributed by atoms with van der Waals surface area (Å²) in [5.41, 5.74) is 6.16. The fourth-order valence-corrected chi connectivity index (χ4v) is 12.2. The largest absolute Gasteiger partial charge is 0.463 e. The van der Waals surface area contributed by atoms with Crippen molar-refractivity contribution in [2.24, 2.45) is 5.41 Å². The van der Waals surface area contributed by atoms with Crippen molar-refractivity contribution in [1.82, 2.24) is 24.7 Å². The molecule has 6 aliphatic heterocycles. The number of β-amino-alcohol motifs (C(OH)–C–C–N with tert-alkyl or cyclic N) is 1. The number of fused-ring (bicyclic) bond motifs is 8. The van der Waals surface area contributed by atoms with Crippen LogP contribution in [0.15, 0.2) is 12.1 Å². The zero-order valence-electron chi connectivity index (χ0n) is 34.1. The van der Waals surface area contributed by atoms with E-state index in [4.69, 9.17) is 29.9 Å². The molecule has 0 spiro atoms. The van der Waals surface area contributed by atoms with Gasteiger partial charge < -0.3 is 39.8 Å². The van der Waals surface area contributed by atoms with Crippen molar-refractivity contribution in [1.29, 1.82) is 5.26 Å². The predicted molar refractivity (Wildman–Crippen MR) is 222 cm³/mol. The highest BCUT2D eigenvalue weighted by atomic mass is 32.1. The Labute approximate surface area is 355 Å². The number of anilines is 2. The Balaban J connectivity index is 0.927. The second-order valence-electron chi connectivity index (χ2n) is 18.6. The molecule has 0 radical (unpaired) electrons. The number of likely N-dealkylation sites (tertiary alicyclic amines) is 3. The van der Waals surface area contributed by atoms with Crippen molar-refractivity contribution in [2.45, 2.75) is 101 Å². The van der Waals surface area contributed by atoms with Crippen LogP contribution in [0.1, 0.15) is 68.6 Å². The summed E-state index contributed by atoms with van der Waals surface area (Å²) >= 11 is 0.963. The Morgan fingerprint density at radius 3 is 2.49 bits per heavy atom. The monoisotopic (exact) mass is 858 g/mol. The van der Waals surface area contributed by atoms with Gasteiger partial charge in [-0.05, 0) is 61.8 Å². The molecule has 7 aliphatic rings. The van der Waals surface area contributed by atoms with Crippen molar-refractivity contribution in [3.63, 3.8) is 0 Å². The van der Waals surface area contributed by atoms with E-state index in [1.807, 2.05) is 0 Å². The minimum Gasteiger partial charge on any atom is -0.463 e. The van der Waals surface area contributed by atoms with Gasteiger partial charge in [0.1, 0.15) is 28.2 Å². The van der Waals surface area contributed by atoms with Gasteiger partial charge in [-0.1, -0.05) is 6.07 Å². The lowest BCUT2D eigenvalue weighted by atomic mass is 9.90. The number of carbonyl (C=O) groups is 1. The van der Waals surface area contributed by atoms with Crippen LogP contribution in [0.2, 0.25) is 0 Å². The quantitative estimate of drug-likeness (QED) is 0.214. The van der Waals surface area contributed by atoms with Crippen molar-refractivity contribution < 1.29 is 37.3 Å². The van der Waals surface area contributed by atoms with Crippen LogP contribution in [-0.2, 0) is 27.5 Å². The van der Waals surface area contributed by atoms with Gasteiger partial charge in [-0.15, -0.1) is 11.3 Å². The molecule has 61 heavy (non-hydrogen) atoms. The third-order valence-electron chi connectivity index (χ3n) is 14.5. The molecule has 1 saturated carbocycles. The number of thiophene rings is 1. The molecule has 8 heterocycles. The molecule has 2 aromatic heterocycles. The topological polar surface area (TPSA) is 154 Å². The van der Waals surface area contributed by atoms with Crippen LogP contribution in [0.4, 0.5) is 24.0 Å². The van der Waals surface area contributed by atoms with E-state index in [1.165, 1.54) is 12.1 Å². The predicted octanol–water partition coefficient (Wildman–Crippen LogP) is 5.27. The molecule has 3 N–H and O–H groups in total. The van der Waals surface area contributed by atoms with Gasteiger partial charge in [0.25, 0.3) is 5.91 Å². The summed E-state index contributed by atoms with van der Waals surface area (Å²) in [5, 5.41) is 21.3. The Hall–Kier alpha value is -4.31. The molecule has 13 nitrogen and oxygen atoms in total. The number of aliphatic hydroxyl groups excluding tert-OH is 1. The van der Waals surface area contributed by atoms with Gasteiger partial charge in [0, 0.05) is 87.1 Å². The van der Waals surface area contributed by atoms with Gasteiger partial charge in [-0.2, -0.15) is 15.2 Å². The molecule has 4 aromatic rings. The fraction of sp³-hybridized carbons (Fsp3) is 0.591. The molecule has 0 unspecified atom stereocenters. The molecule has 322 valence electrons. The van der Waals surface area contributed by atoms with Crippen molar-refractivity contribution in [3.8, 4) is 23.2 Å².